The van der Waals surface area contributed by atoms with Crippen molar-refractivity contribution in [3.63, 3.8) is 0 Å². The van der Waals surface area contributed by atoms with Crippen molar-refractivity contribution in [3.8, 4) is 11.3 Å². The Hall–Kier alpha value is -3.54. The Balaban J connectivity index is 1.56. The first-order chi connectivity index (χ1) is 12.7. The highest BCUT2D eigenvalue weighted by molar-refractivity contribution is 6.26. The van der Waals surface area contributed by atoms with Crippen molar-refractivity contribution in [1.29, 1.82) is 0 Å². The minimum atomic E-state index is -0.390. The number of allylic oxidation sites excluding steroid dienone is 1. The van der Waals surface area contributed by atoms with Gasteiger partial charge in [0.25, 0.3) is 5.91 Å². The van der Waals surface area contributed by atoms with Crippen LogP contribution in [0.15, 0.2) is 65.1 Å². The quantitative estimate of drug-likeness (QED) is 0.578. The van der Waals surface area contributed by atoms with E-state index in [1.807, 2.05) is 40.9 Å². The van der Waals surface area contributed by atoms with Crippen molar-refractivity contribution in [2.75, 3.05) is 5.32 Å². The first-order valence-corrected chi connectivity index (χ1v) is 8.38. The summed E-state index contributed by atoms with van der Waals surface area (Å²) in [4.78, 5) is 17.5. The average molecular weight is 345 g/mol. The van der Waals surface area contributed by atoms with Crippen LogP contribution in [0.3, 0.4) is 0 Å². The molecule has 0 aromatic carbocycles. The molecule has 2 aromatic heterocycles. The van der Waals surface area contributed by atoms with Gasteiger partial charge in [-0.1, -0.05) is 6.07 Å². The Morgan fingerprint density at radius 2 is 2.08 bits per heavy atom. The van der Waals surface area contributed by atoms with E-state index < -0.39 is 5.91 Å². The van der Waals surface area contributed by atoms with E-state index in [1.54, 1.807) is 18.4 Å². The highest BCUT2D eigenvalue weighted by atomic mass is 16.3. The summed E-state index contributed by atoms with van der Waals surface area (Å²) in [7, 11) is 0. The van der Waals surface area contributed by atoms with Gasteiger partial charge in [-0.05, 0) is 42.8 Å². The number of nitrogens with one attached hydrogen (secondary N) is 1. The van der Waals surface area contributed by atoms with Gasteiger partial charge in [-0.3, -0.25) is 4.79 Å². The third-order valence-electron chi connectivity index (χ3n) is 4.70. The molecule has 0 bridgehead atoms. The van der Waals surface area contributed by atoms with Crippen LogP contribution in [0.4, 0.5) is 5.69 Å². The summed E-state index contributed by atoms with van der Waals surface area (Å²) in [6, 6.07) is 13.1. The van der Waals surface area contributed by atoms with Crippen molar-refractivity contribution in [2.45, 2.75) is 12.8 Å². The molecule has 3 aliphatic rings. The molecule has 2 aromatic rings. The Bertz CT molecular complexity index is 1150. The van der Waals surface area contributed by atoms with Crippen LogP contribution in [0, 0.1) is 0 Å². The molecule has 0 radical (unpaired) electrons. The number of pyridine rings is 1. The summed E-state index contributed by atoms with van der Waals surface area (Å²) in [5.41, 5.74) is 3.91. The lowest BCUT2D eigenvalue weighted by Crippen LogP contribution is -2.19. The van der Waals surface area contributed by atoms with E-state index in [9.17, 15) is 9.90 Å². The van der Waals surface area contributed by atoms with Crippen LogP contribution in [-0.2, 0) is 11.2 Å². The van der Waals surface area contributed by atoms with E-state index >= 15 is 0 Å². The van der Waals surface area contributed by atoms with Crippen molar-refractivity contribution in [1.82, 2.24) is 9.38 Å². The van der Waals surface area contributed by atoms with E-state index in [0.29, 0.717) is 30.0 Å². The van der Waals surface area contributed by atoms with Gasteiger partial charge in [0.1, 0.15) is 22.7 Å². The van der Waals surface area contributed by atoms with E-state index in [0.717, 1.165) is 16.9 Å². The Labute approximate surface area is 148 Å². The minimum Gasteiger partial charge on any atom is -0.511 e. The number of carbonyl (C=O) groups excluding carboxylic acids is 1. The summed E-state index contributed by atoms with van der Waals surface area (Å²) in [5.74, 6) is 0.275. The van der Waals surface area contributed by atoms with Crippen LogP contribution in [0.25, 0.3) is 22.5 Å². The third-order valence-corrected chi connectivity index (χ3v) is 4.70. The zero-order valence-corrected chi connectivity index (χ0v) is 13.8. The maximum absolute atomic E-state index is 12.9. The standard InChI is InChI=1S/C20H15N3O3/c24-15-9-8-14-18(22-16-5-1-2-10-23(14)16)17(15)20(25)21-13-7-6-12-4-3-11-26-19(12)13/h1-7,10-11,24H,8-9H2,(H,21,25). The summed E-state index contributed by atoms with van der Waals surface area (Å²) in [6.45, 7) is 0. The smallest absolute Gasteiger partial charge is 0.261 e. The molecular formula is C20H15N3O3. The summed E-state index contributed by atoms with van der Waals surface area (Å²) < 4.78 is 7.46. The van der Waals surface area contributed by atoms with Crippen LogP contribution in [0.5, 0.6) is 0 Å². The van der Waals surface area contributed by atoms with E-state index in [1.165, 1.54) is 0 Å². The number of aliphatic hydroxyl groups is 1. The van der Waals surface area contributed by atoms with Gasteiger partial charge in [-0.25, -0.2) is 4.98 Å². The highest BCUT2D eigenvalue weighted by Gasteiger charge is 2.29. The fourth-order valence-electron chi connectivity index (χ4n) is 3.50. The lowest BCUT2D eigenvalue weighted by molar-refractivity contribution is -0.111. The number of nitrogens with zero attached hydrogens (tertiary/aromatic N) is 2. The molecule has 0 saturated heterocycles. The van der Waals surface area contributed by atoms with Gasteiger partial charge < -0.3 is 19.2 Å². The van der Waals surface area contributed by atoms with Gasteiger partial charge in [0.05, 0.1) is 17.6 Å². The highest BCUT2D eigenvalue weighted by Crippen LogP contribution is 2.35. The lowest BCUT2D eigenvalue weighted by atomic mass is 9.97. The predicted octanol–water partition coefficient (Wildman–Crippen LogP) is 3.89. The molecule has 5 rings (SSSR count). The molecule has 128 valence electrons. The molecule has 1 aliphatic heterocycles. The number of imidazole rings is 1. The lowest BCUT2D eigenvalue weighted by Gasteiger charge is -2.16. The molecule has 6 nitrogen and oxygen atoms in total. The fourth-order valence-corrected chi connectivity index (χ4v) is 3.50. The van der Waals surface area contributed by atoms with Gasteiger partial charge in [-0.15, -0.1) is 0 Å². The zero-order valence-electron chi connectivity index (χ0n) is 13.8. The number of amides is 1. The Morgan fingerprint density at radius 3 is 3.00 bits per heavy atom. The van der Waals surface area contributed by atoms with Crippen LogP contribution in [0.1, 0.15) is 17.8 Å². The van der Waals surface area contributed by atoms with Crippen molar-refractivity contribution in [3.05, 3.63) is 72.1 Å². The third kappa shape index (κ3) is 2.12. The maximum atomic E-state index is 12.9. The molecule has 2 aliphatic carbocycles. The topological polar surface area (TPSA) is 79.8 Å². The van der Waals surface area contributed by atoms with Crippen LogP contribution in [0.2, 0.25) is 0 Å². The summed E-state index contributed by atoms with van der Waals surface area (Å²) >= 11 is 0. The molecule has 3 heterocycles. The number of fused-ring (bicyclic) bond motifs is 4. The molecule has 0 atom stereocenters. The van der Waals surface area contributed by atoms with Gasteiger partial charge in [0.2, 0.25) is 0 Å². The Kier molecular flexibility index (Phi) is 3.12. The molecule has 0 spiro atoms. The molecule has 2 N–H and O–H groups in total. The summed E-state index contributed by atoms with van der Waals surface area (Å²) in [5, 5.41) is 13.2. The predicted molar refractivity (Wildman–Crippen MR) is 97.0 cm³/mol. The monoisotopic (exact) mass is 345 g/mol. The Morgan fingerprint density at radius 1 is 1.15 bits per heavy atom. The van der Waals surface area contributed by atoms with Gasteiger partial charge >= 0.3 is 0 Å². The second-order valence-electron chi connectivity index (χ2n) is 6.26. The minimum absolute atomic E-state index is 0.0613. The second-order valence-corrected chi connectivity index (χ2v) is 6.26. The largest absolute Gasteiger partial charge is 0.511 e. The number of hydrogen-bond donors (Lipinski definition) is 2. The SMILES string of the molecule is O=C(Nc1ccc2cccoc1-2)C1=C(O)CCc2c1nc1ccccn21. The van der Waals surface area contributed by atoms with Crippen molar-refractivity contribution in [2.24, 2.45) is 0 Å². The first kappa shape index (κ1) is 14.8. The number of hydrogen-bond acceptors (Lipinski definition) is 4. The number of aromatic nitrogens is 2. The normalized spacial score (nSPS) is 14.0. The fraction of sp³-hybridized carbons (Fsp3) is 0.100. The van der Waals surface area contributed by atoms with E-state index in [2.05, 4.69) is 10.3 Å². The van der Waals surface area contributed by atoms with E-state index in [-0.39, 0.29) is 11.3 Å². The molecule has 1 amide bonds. The molecule has 26 heavy (non-hydrogen) atoms. The number of anilines is 1. The summed E-state index contributed by atoms with van der Waals surface area (Å²) in [6.07, 6.45) is 4.53. The molecule has 0 saturated carbocycles. The van der Waals surface area contributed by atoms with Crippen molar-refractivity contribution >= 4 is 22.8 Å². The van der Waals surface area contributed by atoms with Gasteiger partial charge in [0, 0.05) is 18.2 Å². The molecule has 6 heteroatoms. The number of aryl methyl sites for hydroxylation is 1. The van der Waals surface area contributed by atoms with Crippen LogP contribution >= 0.6 is 0 Å². The zero-order chi connectivity index (χ0) is 17.7. The van der Waals surface area contributed by atoms with Gasteiger partial charge in [0.15, 0.2) is 5.76 Å². The van der Waals surface area contributed by atoms with Crippen LogP contribution < -0.4 is 5.32 Å². The second kappa shape index (κ2) is 5.49. The van der Waals surface area contributed by atoms with E-state index in [4.69, 9.17) is 4.42 Å². The van der Waals surface area contributed by atoms with Crippen molar-refractivity contribution < 1.29 is 14.3 Å². The van der Waals surface area contributed by atoms with Crippen LogP contribution in [-0.4, -0.2) is 20.4 Å². The molecular weight excluding hydrogens is 330 g/mol. The average Bonchev–Trinajstić information content (AvgIpc) is 3.23. The number of aliphatic hydroxyl groups excluding tert-OH is 1. The first-order valence-electron chi connectivity index (χ1n) is 8.38. The number of rotatable bonds is 2. The maximum Gasteiger partial charge on any atom is 0.261 e. The molecule has 0 fully saturated rings. The molecule has 0 unspecified atom stereocenters. The van der Waals surface area contributed by atoms with Gasteiger partial charge in [-0.2, -0.15) is 0 Å². The number of carbonyl (C=O) groups is 1.